The summed E-state index contributed by atoms with van der Waals surface area (Å²) in [4.78, 5) is 27.0. The van der Waals surface area contributed by atoms with Crippen LogP contribution in [0.5, 0.6) is 0 Å². The Hall–Kier alpha value is -1.30. The third-order valence-electron chi connectivity index (χ3n) is 5.29. The number of nitrogens with one attached hydrogen (secondary N) is 1. The maximum Gasteiger partial charge on any atom is 0.253 e. The number of amides is 2. The number of rotatable bonds is 3. The van der Waals surface area contributed by atoms with Gasteiger partial charge in [-0.15, -0.1) is 12.4 Å². The molecular formula is C19H27Cl2N3O2. The minimum Gasteiger partial charge on any atom is -0.353 e. The molecule has 5 nitrogen and oxygen atoms in total. The second kappa shape index (κ2) is 9.58. The van der Waals surface area contributed by atoms with Crippen molar-refractivity contribution in [1.29, 1.82) is 0 Å². The average molecular weight is 400 g/mol. The number of hydrogen-bond donors (Lipinski definition) is 2. The monoisotopic (exact) mass is 399 g/mol. The fourth-order valence-electron chi connectivity index (χ4n) is 3.73. The van der Waals surface area contributed by atoms with Gasteiger partial charge in [-0.2, -0.15) is 0 Å². The lowest BCUT2D eigenvalue weighted by Gasteiger charge is -2.34. The van der Waals surface area contributed by atoms with Gasteiger partial charge in [0.2, 0.25) is 5.91 Å². The molecule has 1 heterocycles. The molecule has 26 heavy (non-hydrogen) atoms. The van der Waals surface area contributed by atoms with E-state index in [1.54, 1.807) is 29.2 Å². The Labute approximate surface area is 166 Å². The Morgan fingerprint density at radius 2 is 1.73 bits per heavy atom. The predicted octanol–water partition coefficient (Wildman–Crippen LogP) is 3.00. The highest BCUT2D eigenvalue weighted by Crippen LogP contribution is 2.22. The summed E-state index contributed by atoms with van der Waals surface area (Å²) < 4.78 is 0. The largest absolute Gasteiger partial charge is 0.353 e. The number of nitrogens with two attached hydrogens (primary N) is 1. The van der Waals surface area contributed by atoms with Crippen LogP contribution in [0.2, 0.25) is 5.02 Å². The zero-order chi connectivity index (χ0) is 17.8. The zero-order valence-corrected chi connectivity index (χ0v) is 16.4. The predicted molar refractivity (Wildman–Crippen MR) is 106 cm³/mol. The quantitative estimate of drug-likeness (QED) is 0.819. The molecule has 2 aliphatic rings. The highest BCUT2D eigenvalue weighted by Gasteiger charge is 2.30. The Morgan fingerprint density at radius 1 is 1.08 bits per heavy atom. The van der Waals surface area contributed by atoms with E-state index in [4.69, 9.17) is 17.3 Å². The van der Waals surface area contributed by atoms with Gasteiger partial charge in [-0.1, -0.05) is 11.6 Å². The van der Waals surface area contributed by atoms with Crippen molar-refractivity contribution < 1.29 is 9.59 Å². The van der Waals surface area contributed by atoms with Crippen molar-refractivity contribution in [2.75, 3.05) is 13.1 Å². The standard InChI is InChI=1S/C19H26ClN3O2.ClH/c20-15-5-3-13(4-6-15)19(25)23-11-1-2-14(12-23)18(24)22-17-9-7-16(21)8-10-17;/h3-6,14,16-17H,1-2,7-12,21H2,(H,22,24);1H. The van der Waals surface area contributed by atoms with Gasteiger partial charge in [0, 0.05) is 35.8 Å². The summed E-state index contributed by atoms with van der Waals surface area (Å²) in [7, 11) is 0. The highest BCUT2D eigenvalue weighted by atomic mass is 35.5. The lowest BCUT2D eigenvalue weighted by atomic mass is 9.90. The van der Waals surface area contributed by atoms with Gasteiger partial charge in [0.15, 0.2) is 0 Å². The number of hydrogen-bond acceptors (Lipinski definition) is 3. The molecule has 1 aliphatic heterocycles. The Bertz CT molecular complexity index is 616. The fourth-order valence-corrected chi connectivity index (χ4v) is 3.86. The van der Waals surface area contributed by atoms with Gasteiger partial charge in [-0.05, 0) is 62.8 Å². The van der Waals surface area contributed by atoms with Crippen LogP contribution < -0.4 is 11.1 Å². The van der Waals surface area contributed by atoms with Crippen LogP contribution in [0.15, 0.2) is 24.3 Å². The number of carbonyl (C=O) groups is 2. The van der Waals surface area contributed by atoms with Gasteiger partial charge in [0.25, 0.3) is 5.91 Å². The second-order valence-corrected chi connectivity index (χ2v) is 7.65. The molecule has 1 aromatic carbocycles. The van der Waals surface area contributed by atoms with E-state index in [9.17, 15) is 9.59 Å². The smallest absolute Gasteiger partial charge is 0.253 e. The maximum absolute atomic E-state index is 12.6. The molecule has 1 saturated carbocycles. The summed E-state index contributed by atoms with van der Waals surface area (Å²) in [5.74, 6) is -0.0764. The SMILES string of the molecule is Cl.NC1CCC(NC(=O)C2CCCN(C(=O)c3ccc(Cl)cc3)C2)CC1. The van der Waals surface area contributed by atoms with E-state index in [2.05, 4.69) is 5.32 Å². The summed E-state index contributed by atoms with van der Waals surface area (Å²) in [6.45, 7) is 1.18. The van der Waals surface area contributed by atoms with E-state index in [-0.39, 0.29) is 42.2 Å². The van der Waals surface area contributed by atoms with Crippen LogP contribution in [0, 0.1) is 5.92 Å². The van der Waals surface area contributed by atoms with E-state index in [0.717, 1.165) is 38.5 Å². The van der Waals surface area contributed by atoms with E-state index in [1.165, 1.54) is 0 Å². The van der Waals surface area contributed by atoms with Crippen molar-refractivity contribution in [3.05, 3.63) is 34.9 Å². The molecule has 1 atom stereocenters. The van der Waals surface area contributed by atoms with Crippen LogP contribution >= 0.6 is 24.0 Å². The minimum absolute atomic E-state index is 0. The molecule has 1 aliphatic carbocycles. The van der Waals surface area contributed by atoms with Crippen LogP contribution in [0.4, 0.5) is 0 Å². The average Bonchev–Trinajstić information content (AvgIpc) is 2.64. The fraction of sp³-hybridized carbons (Fsp3) is 0.579. The van der Waals surface area contributed by atoms with E-state index < -0.39 is 0 Å². The van der Waals surface area contributed by atoms with Crippen molar-refractivity contribution in [1.82, 2.24) is 10.2 Å². The molecule has 2 amide bonds. The third kappa shape index (κ3) is 5.35. The lowest BCUT2D eigenvalue weighted by Crippen LogP contribution is -2.48. The maximum atomic E-state index is 12.6. The number of carbonyl (C=O) groups excluding carboxylic acids is 2. The van der Waals surface area contributed by atoms with Crippen LogP contribution in [-0.2, 0) is 4.79 Å². The second-order valence-electron chi connectivity index (χ2n) is 7.22. The summed E-state index contributed by atoms with van der Waals surface area (Å²) in [5, 5.41) is 3.78. The molecule has 144 valence electrons. The van der Waals surface area contributed by atoms with E-state index >= 15 is 0 Å². The molecule has 0 spiro atoms. The number of nitrogens with zero attached hydrogens (tertiary/aromatic N) is 1. The first kappa shape index (κ1) is 21.0. The summed E-state index contributed by atoms with van der Waals surface area (Å²) in [5.41, 5.74) is 6.54. The molecule has 3 N–H and O–H groups in total. The van der Waals surface area contributed by atoms with Crippen molar-refractivity contribution in [3.63, 3.8) is 0 Å². The van der Waals surface area contributed by atoms with E-state index in [0.29, 0.717) is 23.7 Å². The molecule has 1 saturated heterocycles. The zero-order valence-electron chi connectivity index (χ0n) is 14.8. The Morgan fingerprint density at radius 3 is 2.38 bits per heavy atom. The topological polar surface area (TPSA) is 75.4 Å². The highest BCUT2D eigenvalue weighted by molar-refractivity contribution is 6.30. The van der Waals surface area contributed by atoms with Crippen molar-refractivity contribution >= 4 is 35.8 Å². The van der Waals surface area contributed by atoms with Gasteiger partial charge >= 0.3 is 0 Å². The van der Waals surface area contributed by atoms with Crippen LogP contribution in [0.25, 0.3) is 0 Å². The summed E-state index contributed by atoms with van der Waals surface area (Å²) >= 11 is 5.88. The molecule has 0 radical (unpaired) electrons. The molecule has 0 aromatic heterocycles. The number of piperidine rings is 1. The van der Waals surface area contributed by atoms with Gasteiger partial charge in [-0.25, -0.2) is 0 Å². The van der Waals surface area contributed by atoms with Crippen molar-refractivity contribution in [3.8, 4) is 0 Å². The number of benzene rings is 1. The first-order chi connectivity index (χ1) is 12.0. The molecule has 0 bridgehead atoms. The van der Waals surface area contributed by atoms with Gasteiger partial charge < -0.3 is 16.0 Å². The first-order valence-electron chi connectivity index (χ1n) is 9.13. The molecule has 1 unspecified atom stereocenters. The number of likely N-dealkylation sites (tertiary alicyclic amines) is 1. The molecule has 1 aromatic rings. The molecule has 2 fully saturated rings. The van der Waals surface area contributed by atoms with Crippen LogP contribution in [0.1, 0.15) is 48.9 Å². The summed E-state index contributed by atoms with van der Waals surface area (Å²) in [6, 6.07) is 7.41. The van der Waals surface area contributed by atoms with Crippen molar-refractivity contribution in [2.45, 2.75) is 50.6 Å². The molecular weight excluding hydrogens is 373 g/mol. The third-order valence-corrected chi connectivity index (χ3v) is 5.54. The lowest BCUT2D eigenvalue weighted by molar-refractivity contribution is -0.127. The van der Waals surface area contributed by atoms with Crippen LogP contribution in [-0.4, -0.2) is 41.9 Å². The normalized spacial score (nSPS) is 25.9. The number of halogens is 2. The van der Waals surface area contributed by atoms with E-state index in [1.807, 2.05) is 0 Å². The summed E-state index contributed by atoms with van der Waals surface area (Å²) in [6.07, 6.45) is 5.53. The minimum atomic E-state index is -0.124. The Kier molecular flexibility index (Phi) is 7.74. The van der Waals surface area contributed by atoms with Crippen LogP contribution in [0.3, 0.4) is 0 Å². The van der Waals surface area contributed by atoms with Gasteiger partial charge in [0.1, 0.15) is 0 Å². The first-order valence-corrected chi connectivity index (χ1v) is 9.51. The van der Waals surface area contributed by atoms with Gasteiger partial charge in [0.05, 0.1) is 5.92 Å². The Balaban J connectivity index is 0.00000243. The molecule has 3 rings (SSSR count). The molecule has 7 heteroatoms. The van der Waals surface area contributed by atoms with Crippen molar-refractivity contribution in [2.24, 2.45) is 11.7 Å². The van der Waals surface area contributed by atoms with Gasteiger partial charge in [-0.3, -0.25) is 9.59 Å².